The van der Waals surface area contributed by atoms with Crippen molar-refractivity contribution in [2.24, 2.45) is 0 Å². The number of hydrogen-bond donors (Lipinski definition) is 0. The molecule has 1 nitrogen and oxygen atoms in total. The highest BCUT2D eigenvalue weighted by Crippen LogP contribution is 2.25. The summed E-state index contributed by atoms with van der Waals surface area (Å²) in [6.45, 7) is 6.54. The molecule has 0 heterocycles. The highest BCUT2D eigenvalue weighted by molar-refractivity contribution is 6.01. The van der Waals surface area contributed by atoms with Crippen molar-refractivity contribution in [3.8, 4) is 0 Å². The van der Waals surface area contributed by atoms with E-state index in [2.05, 4.69) is 0 Å². The van der Waals surface area contributed by atoms with Gasteiger partial charge in [0, 0.05) is 12.5 Å². The van der Waals surface area contributed by atoms with E-state index >= 15 is 0 Å². The summed E-state index contributed by atoms with van der Waals surface area (Å²) in [5.41, 5.74) is 0.793. The van der Waals surface area contributed by atoms with E-state index in [4.69, 9.17) is 0 Å². The van der Waals surface area contributed by atoms with Crippen LogP contribution in [0, 0.1) is 0 Å². The molecule has 0 amide bonds. The summed E-state index contributed by atoms with van der Waals surface area (Å²) in [4.78, 5) is 11.4. The predicted molar refractivity (Wildman–Crippen MR) is 60.1 cm³/mol. The van der Waals surface area contributed by atoms with Gasteiger partial charge in [-0.05, 0) is 17.0 Å². The molecular weight excluding hydrogens is 210 g/mol. The zero-order chi connectivity index (χ0) is 12.6. The number of ketones is 1. The van der Waals surface area contributed by atoms with Crippen LogP contribution in [0.15, 0.2) is 24.3 Å². The van der Waals surface area contributed by atoms with Gasteiger partial charge in [-0.2, -0.15) is 8.78 Å². The molecule has 1 aromatic carbocycles. The minimum atomic E-state index is -3.31. The van der Waals surface area contributed by atoms with E-state index in [1.807, 2.05) is 26.8 Å². The predicted octanol–water partition coefficient (Wildman–Crippen LogP) is 3.82. The van der Waals surface area contributed by atoms with E-state index in [1.54, 1.807) is 12.1 Å². The number of halogens is 2. The molecular formula is C13H16F2O. The van der Waals surface area contributed by atoms with Crippen LogP contribution in [0.25, 0.3) is 0 Å². The molecule has 0 fully saturated rings. The topological polar surface area (TPSA) is 17.1 Å². The fraction of sp³-hybridized carbons (Fsp3) is 0.462. The highest BCUT2D eigenvalue weighted by atomic mass is 19.3. The molecule has 0 aromatic heterocycles. The Labute approximate surface area is 94.5 Å². The maximum Gasteiger partial charge on any atom is 0.307 e. The number of carbonyl (C=O) groups is 1. The first-order valence-corrected chi connectivity index (χ1v) is 5.15. The van der Waals surface area contributed by atoms with Gasteiger partial charge in [-0.25, -0.2) is 0 Å². The van der Waals surface area contributed by atoms with Gasteiger partial charge in [-0.1, -0.05) is 39.0 Å². The van der Waals surface area contributed by atoms with Crippen molar-refractivity contribution >= 4 is 5.78 Å². The molecule has 0 aliphatic carbocycles. The first-order chi connectivity index (χ1) is 7.12. The van der Waals surface area contributed by atoms with E-state index in [1.165, 1.54) is 6.07 Å². The highest BCUT2D eigenvalue weighted by Gasteiger charge is 2.33. The summed E-state index contributed by atoms with van der Waals surface area (Å²) in [6.07, 6.45) is 0. The molecule has 0 radical (unpaired) electrons. The SMILES string of the molecule is CC(F)(F)C(=O)c1cccc(C(C)(C)C)c1. The Morgan fingerprint density at radius 2 is 1.69 bits per heavy atom. The third-order valence-electron chi connectivity index (χ3n) is 2.39. The Kier molecular flexibility index (Phi) is 3.17. The normalized spacial score (nSPS) is 12.6. The van der Waals surface area contributed by atoms with Gasteiger partial charge in [0.05, 0.1) is 0 Å². The van der Waals surface area contributed by atoms with Gasteiger partial charge in [-0.3, -0.25) is 4.79 Å². The van der Waals surface area contributed by atoms with Crippen LogP contribution in [0.5, 0.6) is 0 Å². The Bertz CT molecular complexity index is 397. The Morgan fingerprint density at radius 1 is 1.12 bits per heavy atom. The molecule has 0 saturated heterocycles. The van der Waals surface area contributed by atoms with Crippen LogP contribution < -0.4 is 0 Å². The lowest BCUT2D eigenvalue weighted by molar-refractivity contribution is 0.0221. The molecule has 0 bridgehead atoms. The number of benzene rings is 1. The smallest absolute Gasteiger partial charge is 0.287 e. The van der Waals surface area contributed by atoms with Crippen molar-refractivity contribution < 1.29 is 13.6 Å². The third-order valence-corrected chi connectivity index (χ3v) is 2.39. The molecule has 0 unspecified atom stereocenters. The van der Waals surface area contributed by atoms with E-state index in [-0.39, 0.29) is 11.0 Å². The largest absolute Gasteiger partial charge is 0.307 e. The number of rotatable bonds is 2. The molecule has 0 N–H and O–H groups in total. The number of hydrogen-bond acceptors (Lipinski definition) is 1. The van der Waals surface area contributed by atoms with E-state index in [0.717, 1.165) is 5.56 Å². The van der Waals surface area contributed by atoms with Crippen LogP contribution in [0.2, 0.25) is 0 Å². The van der Waals surface area contributed by atoms with Crippen molar-refractivity contribution in [1.82, 2.24) is 0 Å². The molecule has 88 valence electrons. The lowest BCUT2D eigenvalue weighted by Gasteiger charge is -2.20. The first kappa shape index (κ1) is 12.8. The van der Waals surface area contributed by atoms with Crippen LogP contribution >= 0.6 is 0 Å². The quantitative estimate of drug-likeness (QED) is 0.700. The standard InChI is InChI=1S/C13H16F2O/c1-12(2,3)10-7-5-6-9(8-10)11(16)13(4,14)15/h5-8H,1-4H3. The molecule has 16 heavy (non-hydrogen) atoms. The molecule has 0 atom stereocenters. The number of Topliss-reactive ketones (excluding diaryl/α,β-unsaturated/α-hetero) is 1. The van der Waals surface area contributed by atoms with Crippen molar-refractivity contribution in [1.29, 1.82) is 0 Å². The number of alkyl halides is 2. The Morgan fingerprint density at radius 3 is 2.12 bits per heavy atom. The van der Waals surface area contributed by atoms with Crippen LogP contribution in [-0.4, -0.2) is 11.7 Å². The van der Waals surface area contributed by atoms with Crippen LogP contribution in [-0.2, 0) is 5.41 Å². The van der Waals surface area contributed by atoms with Gasteiger partial charge in [-0.15, -0.1) is 0 Å². The summed E-state index contributed by atoms with van der Waals surface area (Å²) < 4.78 is 25.8. The molecule has 0 aliphatic rings. The summed E-state index contributed by atoms with van der Waals surface area (Å²) >= 11 is 0. The number of carbonyl (C=O) groups excluding carboxylic acids is 1. The maximum atomic E-state index is 12.9. The maximum absolute atomic E-state index is 12.9. The summed E-state index contributed by atoms with van der Waals surface area (Å²) in [5, 5.41) is 0. The lowest BCUT2D eigenvalue weighted by atomic mass is 9.85. The van der Waals surface area contributed by atoms with E-state index in [0.29, 0.717) is 6.92 Å². The lowest BCUT2D eigenvalue weighted by Crippen LogP contribution is -2.25. The zero-order valence-electron chi connectivity index (χ0n) is 9.97. The summed E-state index contributed by atoms with van der Waals surface area (Å²) in [5.74, 6) is -4.44. The van der Waals surface area contributed by atoms with Gasteiger partial charge in [0.2, 0.25) is 5.78 Å². The second-order valence-corrected chi connectivity index (χ2v) is 5.05. The van der Waals surface area contributed by atoms with Gasteiger partial charge >= 0.3 is 5.92 Å². The van der Waals surface area contributed by atoms with Gasteiger partial charge < -0.3 is 0 Å². The monoisotopic (exact) mass is 226 g/mol. The van der Waals surface area contributed by atoms with Crippen molar-refractivity contribution in [3.63, 3.8) is 0 Å². The zero-order valence-corrected chi connectivity index (χ0v) is 9.97. The van der Waals surface area contributed by atoms with E-state index in [9.17, 15) is 13.6 Å². The van der Waals surface area contributed by atoms with Crippen LogP contribution in [0.1, 0.15) is 43.6 Å². The van der Waals surface area contributed by atoms with Gasteiger partial charge in [0.15, 0.2) is 0 Å². The Hall–Kier alpha value is -1.25. The van der Waals surface area contributed by atoms with Gasteiger partial charge in [0.25, 0.3) is 0 Å². The van der Waals surface area contributed by atoms with Crippen molar-refractivity contribution in [2.45, 2.75) is 39.0 Å². The fourth-order valence-electron chi connectivity index (χ4n) is 1.38. The third kappa shape index (κ3) is 2.87. The average molecular weight is 226 g/mol. The summed E-state index contributed by atoms with van der Waals surface area (Å²) in [6, 6.07) is 6.44. The average Bonchev–Trinajstić information content (AvgIpc) is 2.14. The van der Waals surface area contributed by atoms with Crippen LogP contribution in [0.3, 0.4) is 0 Å². The molecule has 0 aliphatic heterocycles. The molecule has 1 aromatic rings. The van der Waals surface area contributed by atoms with Crippen molar-refractivity contribution in [2.75, 3.05) is 0 Å². The molecule has 3 heteroatoms. The van der Waals surface area contributed by atoms with Gasteiger partial charge in [0.1, 0.15) is 0 Å². The summed E-state index contributed by atoms with van der Waals surface area (Å²) in [7, 11) is 0. The van der Waals surface area contributed by atoms with E-state index < -0.39 is 11.7 Å². The Balaban J connectivity index is 3.14. The molecule has 1 rings (SSSR count). The second kappa shape index (κ2) is 3.96. The molecule has 0 saturated carbocycles. The minimum Gasteiger partial charge on any atom is -0.287 e. The molecule has 0 spiro atoms. The first-order valence-electron chi connectivity index (χ1n) is 5.15. The second-order valence-electron chi connectivity index (χ2n) is 5.05. The van der Waals surface area contributed by atoms with Crippen molar-refractivity contribution in [3.05, 3.63) is 35.4 Å². The van der Waals surface area contributed by atoms with Crippen LogP contribution in [0.4, 0.5) is 8.78 Å². The fourth-order valence-corrected chi connectivity index (χ4v) is 1.38. The minimum absolute atomic E-state index is 0.0694.